The SMILES string of the molecule is CC[C@@H](C)[C@@H](O)/C(C)=C/[C@@](C)(O)c1oc(=O)c(C)c(O)c1CO. The van der Waals surface area contributed by atoms with E-state index < -0.39 is 29.7 Å². The van der Waals surface area contributed by atoms with E-state index in [1.165, 1.54) is 19.9 Å². The van der Waals surface area contributed by atoms with E-state index in [9.17, 15) is 25.2 Å². The second-order valence-corrected chi connectivity index (χ2v) is 6.20. The molecule has 0 saturated carbocycles. The summed E-state index contributed by atoms with van der Waals surface area (Å²) in [4.78, 5) is 11.8. The number of aromatic hydroxyl groups is 1. The van der Waals surface area contributed by atoms with Crippen LogP contribution in [-0.2, 0) is 12.2 Å². The molecule has 0 aliphatic carbocycles. The number of aliphatic hydroxyl groups is 3. The smallest absolute Gasteiger partial charge is 0.342 e. The maximum absolute atomic E-state index is 11.8. The zero-order valence-corrected chi connectivity index (χ0v) is 14.3. The molecule has 1 aromatic rings. The molecule has 0 spiro atoms. The van der Waals surface area contributed by atoms with Gasteiger partial charge in [0.05, 0.1) is 23.8 Å². The Kier molecular flexibility index (Phi) is 6.16. The molecule has 6 heteroatoms. The van der Waals surface area contributed by atoms with Gasteiger partial charge in [0, 0.05) is 0 Å². The maximum Gasteiger partial charge on any atom is 0.342 e. The largest absolute Gasteiger partial charge is 0.507 e. The van der Waals surface area contributed by atoms with Crippen LogP contribution in [-0.4, -0.2) is 26.5 Å². The van der Waals surface area contributed by atoms with Gasteiger partial charge in [0.1, 0.15) is 11.4 Å². The topological polar surface area (TPSA) is 111 Å². The molecule has 0 aliphatic heterocycles. The van der Waals surface area contributed by atoms with Crippen LogP contribution in [0.5, 0.6) is 5.75 Å². The molecule has 0 amide bonds. The van der Waals surface area contributed by atoms with Crippen molar-refractivity contribution in [1.82, 2.24) is 0 Å². The molecule has 3 atom stereocenters. The molecule has 1 rings (SSSR count). The first-order chi connectivity index (χ1) is 10.6. The fraction of sp³-hybridized carbons (Fsp3) is 0.588. The molecule has 130 valence electrons. The fourth-order valence-corrected chi connectivity index (χ4v) is 2.48. The molecule has 1 aromatic heterocycles. The van der Waals surface area contributed by atoms with Crippen molar-refractivity contribution in [3.05, 3.63) is 39.0 Å². The summed E-state index contributed by atoms with van der Waals surface area (Å²) in [5, 5.41) is 40.3. The first kappa shape index (κ1) is 19.4. The first-order valence-corrected chi connectivity index (χ1v) is 7.63. The molecule has 0 aliphatic rings. The van der Waals surface area contributed by atoms with Crippen molar-refractivity contribution in [2.45, 2.75) is 59.4 Å². The molecular formula is C17H26O6. The van der Waals surface area contributed by atoms with Gasteiger partial charge in [-0.05, 0) is 38.3 Å². The predicted octanol–water partition coefficient (Wildman–Crippen LogP) is 1.71. The molecule has 0 bridgehead atoms. The molecule has 23 heavy (non-hydrogen) atoms. The zero-order valence-electron chi connectivity index (χ0n) is 14.3. The molecule has 0 radical (unpaired) electrons. The number of aliphatic hydroxyl groups excluding tert-OH is 2. The predicted molar refractivity (Wildman–Crippen MR) is 86.1 cm³/mol. The fourth-order valence-electron chi connectivity index (χ4n) is 2.48. The number of hydrogen-bond acceptors (Lipinski definition) is 6. The highest BCUT2D eigenvalue weighted by atomic mass is 16.4. The van der Waals surface area contributed by atoms with Crippen LogP contribution >= 0.6 is 0 Å². The summed E-state index contributed by atoms with van der Waals surface area (Å²) in [5.74, 6) is -0.630. The minimum Gasteiger partial charge on any atom is -0.507 e. The third kappa shape index (κ3) is 4.02. The van der Waals surface area contributed by atoms with Gasteiger partial charge >= 0.3 is 5.63 Å². The monoisotopic (exact) mass is 326 g/mol. The Labute approximate surface area is 135 Å². The Hall–Kier alpha value is -1.63. The van der Waals surface area contributed by atoms with Crippen LogP contribution in [0.4, 0.5) is 0 Å². The Balaban J connectivity index is 3.42. The zero-order chi connectivity index (χ0) is 17.9. The van der Waals surface area contributed by atoms with Crippen LogP contribution in [0.25, 0.3) is 0 Å². The summed E-state index contributed by atoms with van der Waals surface area (Å²) in [6.07, 6.45) is 1.38. The second-order valence-electron chi connectivity index (χ2n) is 6.20. The highest BCUT2D eigenvalue weighted by molar-refractivity contribution is 5.42. The van der Waals surface area contributed by atoms with Gasteiger partial charge in [-0.2, -0.15) is 0 Å². The van der Waals surface area contributed by atoms with Crippen LogP contribution in [0.3, 0.4) is 0 Å². The van der Waals surface area contributed by atoms with Gasteiger partial charge in [0.2, 0.25) is 0 Å². The summed E-state index contributed by atoms with van der Waals surface area (Å²) >= 11 is 0. The van der Waals surface area contributed by atoms with Crippen LogP contribution < -0.4 is 5.63 Å². The van der Waals surface area contributed by atoms with Crippen LogP contribution in [0.15, 0.2) is 20.9 Å². The van der Waals surface area contributed by atoms with Gasteiger partial charge in [-0.3, -0.25) is 0 Å². The summed E-state index contributed by atoms with van der Waals surface area (Å²) in [6, 6.07) is 0. The molecule has 0 unspecified atom stereocenters. The van der Waals surface area contributed by atoms with E-state index in [2.05, 4.69) is 0 Å². The Morgan fingerprint density at radius 3 is 2.48 bits per heavy atom. The van der Waals surface area contributed by atoms with Crippen molar-refractivity contribution in [2.24, 2.45) is 5.92 Å². The molecule has 6 nitrogen and oxygen atoms in total. The average molecular weight is 326 g/mol. The lowest BCUT2D eigenvalue weighted by atomic mass is 9.90. The Bertz CT molecular complexity index is 641. The van der Waals surface area contributed by atoms with E-state index in [0.717, 1.165) is 6.42 Å². The highest BCUT2D eigenvalue weighted by Gasteiger charge is 2.31. The van der Waals surface area contributed by atoms with Gasteiger partial charge in [-0.15, -0.1) is 0 Å². The van der Waals surface area contributed by atoms with E-state index in [0.29, 0.717) is 5.57 Å². The standard InChI is InChI=1S/C17H26O6/c1-6-9(2)13(19)10(3)7-17(5,22)15-12(8-18)14(20)11(4)16(21)23-15/h7,9,13,18-20,22H,6,8H2,1-5H3/b10-7+/t9-,13-,17-/m1/s1. The van der Waals surface area contributed by atoms with Crippen molar-refractivity contribution in [3.63, 3.8) is 0 Å². The minimum absolute atomic E-state index is 0.00205. The summed E-state index contributed by atoms with van der Waals surface area (Å²) in [7, 11) is 0. The first-order valence-electron chi connectivity index (χ1n) is 7.63. The van der Waals surface area contributed by atoms with Crippen molar-refractivity contribution < 1.29 is 24.8 Å². The van der Waals surface area contributed by atoms with Crippen LogP contribution in [0.2, 0.25) is 0 Å². The average Bonchev–Trinajstić information content (AvgIpc) is 2.50. The molecule has 0 aromatic carbocycles. The van der Waals surface area contributed by atoms with Gasteiger partial charge < -0.3 is 24.8 Å². The minimum atomic E-state index is -1.76. The molecule has 1 heterocycles. The van der Waals surface area contributed by atoms with Gasteiger partial charge in [-0.25, -0.2) is 4.79 Å². The molecule has 0 fully saturated rings. The van der Waals surface area contributed by atoms with E-state index >= 15 is 0 Å². The Morgan fingerprint density at radius 1 is 1.43 bits per heavy atom. The summed E-state index contributed by atoms with van der Waals surface area (Å²) < 4.78 is 5.09. The van der Waals surface area contributed by atoms with Crippen molar-refractivity contribution in [2.75, 3.05) is 0 Å². The number of rotatable bonds is 6. The van der Waals surface area contributed by atoms with Gasteiger partial charge in [0.15, 0.2) is 5.76 Å². The van der Waals surface area contributed by atoms with Crippen molar-refractivity contribution in [3.8, 4) is 5.75 Å². The lowest BCUT2D eigenvalue weighted by Crippen LogP contribution is -2.27. The van der Waals surface area contributed by atoms with Gasteiger partial charge in [-0.1, -0.05) is 20.3 Å². The highest BCUT2D eigenvalue weighted by Crippen LogP contribution is 2.33. The van der Waals surface area contributed by atoms with E-state index in [1.54, 1.807) is 6.92 Å². The van der Waals surface area contributed by atoms with Crippen LogP contribution in [0.1, 0.15) is 51.0 Å². The maximum atomic E-state index is 11.8. The molecule has 4 N–H and O–H groups in total. The van der Waals surface area contributed by atoms with Gasteiger partial charge in [0.25, 0.3) is 0 Å². The van der Waals surface area contributed by atoms with Crippen molar-refractivity contribution in [1.29, 1.82) is 0 Å². The Morgan fingerprint density at radius 2 is 2.00 bits per heavy atom. The second kappa shape index (κ2) is 7.29. The normalized spacial score (nSPS) is 17.7. The van der Waals surface area contributed by atoms with Crippen LogP contribution in [0, 0.1) is 12.8 Å². The van der Waals surface area contributed by atoms with Crippen molar-refractivity contribution >= 4 is 0 Å². The lowest BCUT2D eigenvalue weighted by Gasteiger charge is -2.25. The van der Waals surface area contributed by atoms with E-state index in [1.807, 2.05) is 13.8 Å². The molecule has 0 saturated heterocycles. The van der Waals surface area contributed by atoms with E-state index in [4.69, 9.17) is 4.42 Å². The quantitative estimate of drug-likeness (QED) is 0.592. The molecular weight excluding hydrogens is 300 g/mol. The number of hydrogen-bond donors (Lipinski definition) is 4. The summed E-state index contributed by atoms with van der Waals surface area (Å²) in [6.45, 7) is 7.63. The lowest BCUT2D eigenvalue weighted by molar-refractivity contribution is 0.0709. The third-order valence-electron chi connectivity index (χ3n) is 4.19. The third-order valence-corrected chi connectivity index (χ3v) is 4.19. The summed E-state index contributed by atoms with van der Waals surface area (Å²) in [5.41, 5.74) is -2.12. The van der Waals surface area contributed by atoms with E-state index in [-0.39, 0.29) is 22.8 Å².